The Morgan fingerprint density at radius 1 is 1.37 bits per heavy atom. The van der Waals surface area contributed by atoms with Crippen LogP contribution in [-0.4, -0.2) is 24.5 Å². The van der Waals surface area contributed by atoms with Gasteiger partial charge >= 0.3 is 0 Å². The molecule has 0 saturated carbocycles. The molecule has 1 aliphatic rings. The van der Waals surface area contributed by atoms with Gasteiger partial charge in [-0.3, -0.25) is 4.90 Å². The molecule has 0 aromatic heterocycles. The Balaban J connectivity index is 2.04. The summed E-state index contributed by atoms with van der Waals surface area (Å²) in [5.41, 5.74) is 6.90. The summed E-state index contributed by atoms with van der Waals surface area (Å²) in [7, 11) is 0. The molecule has 1 aromatic rings. The minimum Gasteiger partial charge on any atom is -0.320 e. The molecular formula is C16H21FN2. The van der Waals surface area contributed by atoms with E-state index in [4.69, 9.17) is 5.73 Å². The largest absolute Gasteiger partial charge is 0.320 e. The molecule has 19 heavy (non-hydrogen) atoms. The standard InChI is InChI=1S/C16H21FN2/c1-13-6-9-19(10-7-13)12-14-4-5-16(17)15(11-14)3-2-8-18/h4-5,11,13H,6-10,12,18H2,1H3. The maximum absolute atomic E-state index is 13.6. The molecule has 1 aliphatic heterocycles. The van der Waals surface area contributed by atoms with Gasteiger partial charge in [-0.2, -0.15) is 0 Å². The Morgan fingerprint density at radius 3 is 2.79 bits per heavy atom. The van der Waals surface area contributed by atoms with Crippen molar-refractivity contribution in [3.8, 4) is 11.8 Å². The number of hydrogen-bond donors (Lipinski definition) is 1. The van der Waals surface area contributed by atoms with E-state index in [-0.39, 0.29) is 12.4 Å². The predicted octanol–water partition coefficient (Wildman–Crippen LogP) is 2.37. The average Bonchev–Trinajstić information content (AvgIpc) is 2.42. The molecule has 1 saturated heterocycles. The van der Waals surface area contributed by atoms with Crippen LogP contribution >= 0.6 is 0 Å². The SMILES string of the molecule is CC1CCN(Cc2ccc(F)c(C#CCN)c2)CC1. The first-order chi connectivity index (χ1) is 9.19. The number of piperidine rings is 1. The Morgan fingerprint density at radius 2 is 2.11 bits per heavy atom. The fourth-order valence-corrected chi connectivity index (χ4v) is 2.39. The van der Waals surface area contributed by atoms with Gasteiger partial charge in [0.1, 0.15) is 5.82 Å². The second-order valence-electron chi connectivity index (χ2n) is 5.28. The van der Waals surface area contributed by atoms with E-state index in [9.17, 15) is 4.39 Å². The molecule has 1 aromatic carbocycles. The summed E-state index contributed by atoms with van der Waals surface area (Å²) in [6.07, 6.45) is 2.50. The fraction of sp³-hybridized carbons (Fsp3) is 0.500. The molecule has 0 amide bonds. The summed E-state index contributed by atoms with van der Waals surface area (Å²) in [5, 5.41) is 0. The van der Waals surface area contributed by atoms with Gasteiger partial charge in [-0.25, -0.2) is 4.39 Å². The lowest BCUT2D eigenvalue weighted by Gasteiger charge is -2.30. The highest BCUT2D eigenvalue weighted by molar-refractivity contribution is 5.38. The van der Waals surface area contributed by atoms with Crippen LogP contribution in [0.2, 0.25) is 0 Å². The lowest BCUT2D eigenvalue weighted by Crippen LogP contribution is -2.32. The minimum absolute atomic E-state index is 0.258. The van der Waals surface area contributed by atoms with E-state index in [1.54, 1.807) is 0 Å². The van der Waals surface area contributed by atoms with Crippen LogP contribution in [0.3, 0.4) is 0 Å². The summed E-state index contributed by atoms with van der Waals surface area (Å²) in [5.74, 6) is 6.06. The topological polar surface area (TPSA) is 29.3 Å². The van der Waals surface area contributed by atoms with Crippen LogP contribution in [0.5, 0.6) is 0 Å². The molecule has 3 heteroatoms. The van der Waals surface area contributed by atoms with Gasteiger partial charge in [-0.05, 0) is 49.5 Å². The Kier molecular flexibility index (Phi) is 4.95. The minimum atomic E-state index is -0.267. The first-order valence-corrected chi connectivity index (χ1v) is 6.88. The van der Waals surface area contributed by atoms with E-state index in [1.807, 2.05) is 12.1 Å². The zero-order chi connectivity index (χ0) is 13.7. The molecule has 0 atom stereocenters. The molecule has 2 N–H and O–H groups in total. The number of nitrogens with two attached hydrogens (primary N) is 1. The summed E-state index contributed by atoms with van der Waals surface area (Å²) < 4.78 is 13.6. The van der Waals surface area contributed by atoms with E-state index in [2.05, 4.69) is 23.7 Å². The van der Waals surface area contributed by atoms with Crippen molar-refractivity contribution >= 4 is 0 Å². The van der Waals surface area contributed by atoms with Gasteiger partial charge in [-0.1, -0.05) is 24.8 Å². The molecule has 0 bridgehead atoms. The Bertz CT molecular complexity index is 479. The summed E-state index contributed by atoms with van der Waals surface area (Å²) in [6.45, 7) is 5.69. The third-order valence-corrected chi connectivity index (χ3v) is 3.64. The van der Waals surface area contributed by atoms with Gasteiger partial charge in [0.25, 0.3) is 0 Å². The van der Waals surface area contributed by atoms with Crippen molar-refractivity contribution in [2.45, 2.75) is 26.3 Å². The van der Waals surface area contributed by atoms with Gasteiger partial charge in [0.2, 0.25) is 0 Å². The van der Waals surface area contributed by atoms with Gasteiger partial charge in [0.15, 0.2) is 0 Å². The number of hydrogen-bond acceptors (Lipinski definition) is 2. The van der Waals surface area contributed by atoms with Gasteiger partial charge < -0.3 is 5.73 Å². The highest BCUT2D eigenvalue weighted by Gasteiger charge is 2.15. The zero-order valence-electron chi connectivity index (χ0n) is 11.5. The second kappa shape index (κ2) is 6.70. The molecule has 1 fully saturated rings. The van der Waals surface area contributed by atoms with Gasteiger partial charge in [0, 0.05) is 6.54 Å². The van der Waals surface area contributed by atoms with Crippen molar-refractivity contribution in [2.75, 3.05) is 19.6 Å². The van der Waals surface area contributed by atoms with E-state index >= 15 is 0 Å². The molecule has 0 radical (unpaired) electrons. The van der Waals surface area contributed by atoms with Crippen LogP contribution in [0, 0.1) is 23.6 Å². The number of halogens is 1. The van der Waals surface area contributed by atoms with Crippen LogP contribution in [0.4, 0.5) is 4.39 Å². The van der Waals surface area contributed by atoms with E-state index < -0.39 is 0 Å². The molecule has 0 aliphatic carbocycles. The van der Waals surface area contributed by atoms with Crippen molar-refractivity contribution in [1.82, 2.24) is 4.90 Å². The lowest BCUT2D eigenvalue weighted by molar-refractivity contribution is 0.185. The number of benzene rings is 1. The monoisotopic (exact) mass is 260 g/mol. The fourth-order valence-electron chi connectivity index (χ4n) is 2.39. The summed E-state index contributed by atoms with van der Waals surface area (Å²) >= 11 is 0. The van der Waals surface area contributed by atoms with E-state index in [1.165, 1.54) is 18.9 Å². The molecular weight excluding hydrogens is 239 g/mol. The number of rotatable bonds is 2. The summed E-state index contributed by atoms with van der Waals surface area (Å²) in [4.78, 5) is 2.42. The van der Waals surface area contributed by atoms with Crippen LogP contribution in [0.15, 0.2) is 18.2 Å². The molecule has 0 spiro atoms. The van der Waals surface area contributed by atoms with Crippen molar-refractivity contribution in [3.63, 3.8) is 0 Å². The van der Waals surface area contributed by atoms with E-state index in [0.717, 1.165) is 31.1 Å². The molecule has 0 unspecified atom stereocenters. The highest BCUT2D eigenvalue weighted by atomic mass is 19.1. The van der Waals surface area contributed by atoms with Gasteiger partial charge in [-0.15, -0.1) is 0 Å². The first kappa shape index (κ1) is 14.0. The average molecular weight is 260 g/mol. The number of nitrogens with zero attached hydrogens (tertiary/aromatic N) is 1. The van der Waals surface area contributed by atoms with Crippen LogP contribution < -0.4 is 5.73 Å². The second-order valence-corrected chi connectivity index (χ2v) is 5.28. The van der Waals surface area contributed by atoms with Crippen molar-refractivity contribution in [1.29, 1.82) is 0 Å². The third kappa shape index (κ3) is 4.05. The molecule has 2 rings (SSSR count). The maximum Gasteiger partial charge on any atom is 0.138 e. The maximum atomic E-state index is 13.6. The summed E-state index contributed by atoms with van der Waals surface area (Å²) in [6, 6.07) is 5.19. The molecule has 2 nitrogen and oxygen atoms in total. The lowest BCUT2D eigenvalue weighted by atomic mass is 9.98. The third-order valence-electron chi connectivity index (χ3n) is 3.64. The van der Waals surface area contributed by atoms with Crippen molar-refractivity contribution in [3.05, 3.63) is 35.1 Å². The first-order valence-electron chi connectivity index (χ1n) is 6.88. The molecule has 1 heterocycles. The highest BCUT2D eigenvalue weighted by Crippen LogP contribution is 2.19. The van der Waals surface area contributed by atoms with Crippen molar-refractivity contribution < 1.29 is 4.39 Å². The van der Waals surface area contributed by atoms with Crippen molar-refractivity contribution in [2.24, 2.45) is 11.7 Å². The van der Waals surface area contributed by atoms with E-state index in [0.29, 0.717) is 5.56 Å². The zero-order valence-corrected chi connectivity index (χ0v) is 11.5. The van der Waals surface area contributed by atoms with Gasteiger partial charge in [0.05, 0.1) is 12.1 Å². The number of likely N-dealkylation sites (tertiary alicyclic amines) is 1. The normalized spacial score (nSPS) is 17.0. The van der Waals surface area contributed by atoms with Crippen LogP contribution in [0.25, 0.3) is 0 Å². The quantitative estimate of drug-likeness (QED) is 0.827. The molecule has 102 valence electrons. The smallest absolute Gasteiger partial charge is 0.138 e. The Labute approximate surface area is 114 Å². The van der Waals surface area contributed by atoms with Crippen LogP contribution in [-0.2, 0) is 6.54 Å². The Hall–Kier alpha value is -1.37. The van der Waals surface area contributed by atoms with Crippen LogP contribution in [0.1, 0.15) is 30.9 Å². The predicted molar refractivity (Wildman–Crippen MR) is 76.0 cm³/mol.